The quantitative estimate of drug-likeness (QED) is 0.659. The molecule has 19 heavy (non-hydrogen) atoms. The SMILES string of the molecule is Cc1ccc(C)c(SCC(O)c2ccccc2N)c1. The maximum absolute atomic E-state index is 10.2. The minimum absolute atomic E-state index is 0.536. The van der Waals surface area contributed by atoms with Gasteiger partial charge in [-0.25, -0.2) is 0 Å². The predicted molar refractivity (Wildman–Crippen MR) is 82.5 cm³/mol. The molecule has 0 aromatic heterocycles. The molecule has 0 fully saturated rings. The van der Waals surface area contributed by atoms with Crippen LogP contribution in [0.4, 0.5) is 5.69 Å². The van der Waals surface area contributed by atoms with Gasteiger partial charge in [-0.3, -0.25) is 0 Å². The predicted octanol–water partition coefficient (Wildman–Crippen LogP) is 3.71. The average molecular weight is 273 g/mol. The van der Waals surface area contributed by atoms with Crippen molar-refractivity contribution in [1.29, 1.82) is 0 Å². The van der Waals surface area contributed by atoms with Gasteiger partial charge in [0.15, 0.2) is 0 Å². The number of para-hydroxylation sites is 1. The Morgan fingerprint density at radius 2 is 1.89 bits per heavy atom. The van der Waals surface area contributed by atoms with Gasteiger partial charge in [0.05, 0.1) is 6.10 Å². The lowest BCUT2D eigenvalue weighted by molar-refractivity contribution is 0.205. The molecule has 2 aromatic carbocycles. The van der Waals surface area contributed by atoms with Crippen LogP contribution in [0.15, 0.2) is 47.4 Å². The third kappa shape index (κ3) is 3.52. The third-order valence-electron chi connectivity index (χ3n) is 3.10. The highest BCUT2D eigenvalue weighted by Crippen LogP contribution is 2.29. The monoisotopic (exact) mass is 273 g/mol. The van der Waals surface area contributed by atoms with E-state index in [0.29, 0.717) is 11.4 Å². The number of anilines is 1. The summed E-state index contributed by atoms with van der Waals surface area (Å²) >= 11 is 1.67. The van der Waals surface area contributed by atoms with Crippen LogP contribution < -0.4 is 5.73 Å². The number of aliphatic hydroxyl groups is 1. The molecular weight excluding hydrogens is 254 g/mol. The molecule has 2 aromatic rings. The number of hydrogen-bond donors (Lipinski definition) is 2. The van der Waals surface area contributed by atoms with Gasteiger partial charge in [-0.2, -0.15) is 0 Å². The number of hydrogen-bond acceptors (Lipinski definition) is 3. The minimum Gasteiger partial charge on any atom is -0.398 e. The number of nitrogen functional groups attached to an aromatic ring is 1. The first-order chi connectivity index (χ1) is 9.08. The summed E-state index contributed by atoms with van der Waals surface area (Å²) in [5, 5.41) is 10.2. The Kier molecular flexibility index (Phi) is 4.51. The molecule has 2 nitrogen and oxygen atoms in total. The second kappa shape index (κ2) is 6.13. The fourth-order valence-corrected chi connectivity index (χ4v) is 3.02. The van der Waals surface area contributed by atoms with Crippen molar-refractivity contribution in [3.05, 3.63) is 59.2 Å². The van der Waals surface area contributed by atoms with E-state index in [2.05, 4.69) is 32.0 Å². The second-order valence-electron chi connectivity index (χ2n) is 4.72. The van der Waals surface area contributed by atoms with Crippen molar-refractivity contribution in [3.63, 3.8) is 0 Å². The summed E-state index contributed by atoms with van der Waals surface area (Å²) in [6.07, 6.45) is -0.536. The number of aliphatic hydroxyl groups excluding tert-OH is 1. The lowest BCUT2D eigenvalue weighted by Gasteiger charge is -2.14. The number of rotatable bonds is 4. The van der Waals surface area contributed by atoms with E-state index in [1.54, 1.807) is 11.8 Å². The highest BCUT2D eigenvalue weighted by atomic mass is 32.2. The molecule has 1 unspecified atom stereocenters. The molecule has 100 valence electrons. The Labute approximate surface area is 118 Å². The summed E-state index contributed by atoms with van der Waals surface area (Å²) < 4.78 is 0. The largest absolute Gasteiger partial charge is 0.398 e. The minimum atomic E-state index is -0.536. The Morgan fingerprint density at radius 3 is 2.63 bits per heavy atom. The molecule has 0 aliphatic rings. The molecule has 2 rings (SSSR count). The van der Waals surface area contributed by atoms with E-state index in [-0.39, 0.29) is 0 Å². The van der Waals surface area contributed by atoms with Crippen LogP contribution in [0.25, 0.3) is 0 Å². The van der Waals surface area contributed by atoms with Gasteiger partial charge in [0.2, 0.25) is 0 Å². The maximum atomic E-state index is 10.2. The summed E-state index contributed by atoms with van der Waals surface area (Å²) in [4.78, 5) is 1.22. The van der Waals surface area contributed by atoms with Crippen LogP contribution in [0.2, 0.25) is 0 Å². The Hall–Kier alpha value is -1.45. The van der Waals surface area contributed by atoms with Crippen molar-refractivity contribution in [2.24, 2.45) is 0 Å². The van der Waals surface area contributed by atoms with Crippen LogP contribution in [0, 0.1) is 13.8 Å². The van der Waals surface area contributed by atoms with Gasteiger partial charge in [0.1, 0.15) is 0 Å². The van der Waals surface area contributed by atoms with E-state index >= 15 is 0 Å². The highest BCUT2D eigenvalue weighted by Gasteiger charge is 2.11. The summed E-state index contributed by atoms with van der Waals surface area (Å²) in [5.74, 6) is 0.610. The lowest BCUT2D eigenvalue weighted by Crippen LogP contribution is -2.04. The zero-order valence-corrected chi connectivity index (χ0v) is 12.1. The molecule has 0 amide bonds. The van der Waals surface area contributed by atoms with Gasteiger partial charge in [-0.15, -0.1) is 11.8 Å². The Balaban J connectivity index is 2.06. The molecule has 3 heteroatoms. The van der Waals surface area contributed by atoms with E-state index in [1.807, 2.05) is 24.3 Å². The van der Waals surface area contributed by atoms with Crippen LogP contribution >= 0.6 is 11.8 Å². The normalized spacial score (nSPS) is 12.4. The van der Waals surface area contributed by atoms with E-state index in [1.165, 1.54) is 16.0 Å². The smallest absolute Gasteiger partial charge is 0.0903 e. The van der Waals surface area contributed by atoms with Gasteiger partial charge in [0.25, 0.3) is 0 Å². The molecule has 0 bridgehead atoms. The third-order valence-corrected chi connectivity index (χ3v) is 4.33. The Bertz CT molecular complexity index is 568. The van der Waals surface area contributed by atoms with Crippen LogP contribution in [0.1, 0.15) is 22.8 Å². The van der Waals surface area contributed by atoms with Gasteiger partial charge in [0, 0.05) is 21.9 Å². The van der Waals surface area contributed by atoms with Crippen LogP contribution in [0.5, 0.6) is 0 Å². The van der Waals surface area contributed by atoms with Crippen molar-refractivity contribution in [1.82, 2.24) is 0 Å². The summed E-state index contributed by atoms with van der Waals surface area (Å²) in [5.41, 5.74) is 9.81. The van der Waals surface area contributed by atoms with Crippen molar-refractivity contribution in [3.8, 4) is 0 Å². The first-order valence-corrected chi connectivity index (χ1v) is 7.29. The number of nitrogens with two attached hydrogens (primary N) is 1. The van der Waals surface area contributed by atoms with E-state index in [9.17, 15) is 5.11 Å². The number of benzene rings is 2. The van der Waals surface area contributed by atoms with Crippen molar-refractivity contribution < 1.29 is 5.11 Å². The molecule has 0 saturated carbocycles. The fourth-order valence-electron chi connectivity index (χ4n) is 1.94. The highest BCUT2D eigenvalue weighted by molar-refractivity contribution is 7.99. The zero-order valence-electron chi connectivity index (χ0n) is 11.3. The van der Waals surface area contributed by atoms with Crippen LogP contribution in [-0.4, -0.2) is 10.9 Å². The molecular formula is C16H19NOS. The maximum Gasteiger partial charge on any atom is 0.0903 e. The second-order valence-corrected chi connectivity index (χ2v) is 5.79. The number of thioether (sulfide) groups is 1. The van der Waals surface area contributed by atoms with E-state index < -0.39 is 6.10 Å². The van der Waals surface area contributed by atoms with E-state index in [0.717, 1.165) is 5.56 Å². The van der Waals surface area contributed by atoms with Gasteiger partial charge < -0.3 is 10.8 Å². The summed E-state index contributed by atoms with van der Waals surface area (Å²) in [6, 6.07) is 13.8. The molecule has 0 aliphatic carbocycles. The summed E-state index contributed by atoms with van der Waals surface area (Å²) in [7, 11) is 0. The standard InChI is InChI=1S/C16H19NOS/c1-11-7-8-12(2)16(9-11)19-10-15(18)13-5-3-4-6-14(13)17/h3-9,15,18H,10,17H2,1-2H3. The zero-order chi connectivity index (χ0) is 13.8. The van der Waals surface area contributed by atoms with Crippen molar-refractivity contribution in [2.75, 3.05) is 11.5 Å². The van der Waals surface area contributed by atoms with Gasteiger partial charge in [-0.05, 0) is 31.5 Å². The van der Waals surface area contributed by atoms with E-state index in [4.69, 9.17) is 5.73 Å². The Morgan fingerprint density at radius 1 is 1.16 bits per heavy atom. The molecule has 0 aliphatic heterocycles. The number of aryl methyl sites for hydroxylation is 2. The lowest BCUT2D eigenvalue weighted by atomic mass is 10.1. The first-order valence-electron chi connectivity index (χ1n) is 6.30. The average Bonchev–Trinajstić information content (AvgIpc) is 2.40. The molecule has 1 atom stereocenters. The van der Waals surface area contributed by atoms with Crippen LogP contribution in [0.3, 0.4) is 0 Å². The van der Waals surface area contributed by atoms with Crippen molar-refractivity contribution >= 4 is 17.4 Å². The molecule has 0 heterocycles. The van der Waals surface area contributed by atoms with Crippen LogP contribution in [-0.2, 0) is 0 Å². The molecule has 3 N–H and O–H groups in total. The van der Waals surface area contributed by atoms with Gasteiger partial charge >= 0.3 is 0 Å². The topological polar surface area (TPSA) is 46.2 Å². The molecule has 0 spiro atoms. The summed E-state index contributed by atoms with van der Waals surface area (Å²) in [6.45, 7) is 4.17. The molecule has 0 radical (unpaired) electrons. The van der Waals surface area contributed by atoms with Gasteiger partial charge in [-0.1, -0.05) is 35.9 Å². The van der Waals surface area contributed by atoms with Crippen molar-refractivity contribution in [2.45, 2.75) is 24.8 Å². The molecule has 0 saturated heterocycles. The first kappa shape index (κ1) is 14.0. The fraction of sp³-hybridized carbons (Fsp3) is 0.250.